The molecular weight excluding hydrogens is 799 g/mol. The second kappa shape index (κ2) is 16.8. The molecule has 0 atom stereocenters. The Morgan fingerprint density at radius 1 is 0.273 bits per heavy atom. The molecule has 0 amide bonds. The Bertz CT molecular complexity index is 3660. The molecule has 0 saturated carbocycles. The lowest BCUT2D eigenvalue weighted by molar-refractivity contribution is 0.670. The summed E-state index contributed by atoms with van der Waals surface area (Å²) < 4.78 is 6.80. The minimum absolute atomic E-state index is 0.863. The molecule has 0 spiro atoms. The number of para-hydroxylation sites is 1. The van der Waals surface area contributed by atoms with Gasteiger partial charge in [0.15, 0.2) is 0 Å². The summed E-state index contributed by atoms with van der Waals surface area (Å²) in [5, 5.41) is 4.63. The van der Waals surface area contributed by atoms with Crippen molar-refractivity contribution in [2.75, 3.05) is 4.90 Å². The average Bonchev–Trinajstić information content (AvgIpc) is 3.80. The lowest BCUT2D eigenvalue weighted by atomic mass is 9.85. The number of hydrogen-bond donors (Lipinski definition) is 0. The number of fused-ring (bicyclic) bond motifs is 4. The van der Waals surface area contributed by atoms with Crippen LogP contribution in [-0.2, 0) is 0 Å². The molecule has 0 unspecified atom stereocenters. The monoisotopic (exact) mass is 841 g/mol. The SMILES string of the molecule is c1ccc(-c2cccc(-c3ccccc3-c3ccc(N(c4ccc(-c5cccc6ccccc56)cc4)c4ccc(-c5ccccc5)c5oc6ccccc6c45)cc3)c2-c2ccccc2)cc1. The number of anilines is 3. The molecule has 0 N–H and O–H groups in total. The van der Waals surface area contributed by atoms with Crippen LogP contribution >= 0.6 is 0 Å². The van der Waals surface area contributed by atoms with Gasteiger partial charge in [0, 0.05) is 22.3 Å². The van der Waals surface area contributed by atoms with E-state index >= 15 is 0 Å². The van der Waals surface area contributed by atoms with Crippen molar-refractivity contribution < 1.29 is 4.42 Å². The van der Waals surface area contributed by atoms with E-state index in [1.54, 1.807) is 0 Å². The summed E-state index contributed by atoms with van der Waals surface area (Å²) >= 11 is 0. The fraction of sp³-hybridized carbons (Fsp3) is 0. The Hall–Kier alpha value is -8.72. The Morgan fingerprint density at radius 2 is 0.742 bits per heavy atom. The molecule has 1 aromatic heterocycles. The van der Waals surface area contributed by atoms with Crippen LogP contribution in [0.4, 0.5) is 17.1 Å². The van der Waals surface area contributed by atoms with Crippen LogP contribution in [0.2, 0.25) is 0 Å². The van der Waals surface area contributed by atoms with Gasteiger partial charge < -0.3 is 9.32 Å². The summed E-state index contributed by atoms with van der Waals surface area (Å²) in [5.41, 5.74) is 19.0. The zero-order valence-corrected chi connectivity index (χ0v) is 36.2. The van der Waals surface area contributed by atoms with Crippen molar-refractivity contribution in [3.8, 4) is 66.8 Å². The largest absolute Gasteiger partial charge is 0.455 e. The summed E-state index contributed by atoms with van der Waals surface area (Å²) in [6.45, 7) is 0. The molecule has 11 aromatic carbocycles. The van der Waals surface area contributed by atoms with Crippen molar-refractivity contribution in [3.05, 3.63) is 261 Å². The predicted molar refractivity (Wildman–Crippen MR) is 279 cm³/mol. The highest BCUT2D eigenvalue weighted by atomic mass is 16.3. The molecule has 12 rings (SSSR count). The summed E-state index contributed by atoms with van der Waals surface area (Å²) in [5.74, 6) is 0. The highest BCUT2D eigenvalue weighted by Gasteiger charge is 2.23. The lowest BCUT2D eigenvalue weighted by Crippen LogP contribution is -2.10. The van der Waals surface area contributed by atoms with Crippen molar-refractivity contribution in [2.45, 2.75) is 0 Å². The molecule has 0 aliphatic rings. The Morgan fingerprint density at radius 3 is 1.44 bits per heavy atom. The molecule has 0 radical (unpaired) electrons. The van der Waals surface area contributed by atoms with Gasteiger partial charge in [0.25, 0.3) is 0 Å². The van der Waals surface area contributed by atoms with Gasteiger partial charge in [-0.15, -0.1) is 0 Å². The van der Waals surface area contributed by atoms with Crippen LogP contribution in [-0.4, -0.2) is 0 Å². The third-order valence-corrected chi connectivity index (χ3v) is 12.9. The number of rotatable bonds is 9. The van der Waals surface area contributed by atoms with E-state index in [2.05, 4.69) is 260 Å². The van der Waals surface area contributed by atoms with Gasteiger partial charge in [0.2, 0.25) is 0 Å². The van der Waals surface area contributed by atoms with E-state index in [-0.39, 0.29) is 0 Å². The second-order valence-corrected chi connectivity index (χ2v) is 16.8. The van der Waals surface area contributed by atoms with Crippen molar-refractivity contribution in [1.82, 2.24) is 0 Å². The molecule has 0 bridgehead atoms. The van der Waals surface area contributed by atoms with Gasteiger partial charge in [-0.25, -0.2) is 0 Å². The first-order valence-electron chi connectivity index (χ1n) is 22.6. The van der Waals surface area contributed by atoms with Gasteiger partial charge in [-0.3, -0.25) is 0 Å². The summed E-state index contributed by atoms with van der Waals surface area (Å²) in [6.07, 6.45) is 0. The highest BCUT2D eigenvalue weighted by Crippen LogP contribution is 2.48. The first kappa shape index (κ1) is 38.9. The lowest BCUT2D eigenvalue weighted by Gasteiger charge is -2.27. The molecule has 0 fully saturated rings. The van der Waals surface area contributed by atoms with Gasteiger partial charge in [-0.05, 0) is 114 Å². The van der Waals surface area contributed by atoms with Crippen LogP contribution in [0.15, 0.2) is 265 Å². The minimum Gasteiger partial charge on any atom is -0.455 e. The molecule has 0 saturated heterocycles. The van der Waals surface area contributed by atoms with E-state index < -0.39 is 0 Å². The van der Waals surface area contributed by atoms with Gasteiger partial charge in [0.1, 0.15) is 11.2 Å². The first-order chi connectivity index (χ1) is 32.8. The third-order valence-electron chi connectivity index (χ3n) is 12.9. The first-order valence-corrected chi connectivity index (χ1v) is 22.6. The number of hydrogen-bond acceptors (Lipinski definition) is 2. The van der Waals surface area contributed by atoms with Crippen LogP contribution in [0.3, 0.4) is 0 Å². The molecule has 310 valence electrons. The quantitative estimate of drug-likeness (QED) is 0.144. The molecule has 1 heterocycles. The summed E-state index contributed by atoms with van der Waals surface area (Å²) in [7, 11) is 0. The van der Waals surface area contributed by atoms with Crippen molar-refractivity contribution in [3.63, 3.8) is 0 Å². The number of benzene rings is 11. The van der Waals surface area contributed by atoms with Crippen molar-refractivity contribution >= 4 is 49.8 Å². The highest BCUT2D eigenvalue weighted by molar-refractivity contribution is 6.17. The van der Waals surface area contributed by atoms with Crippen LogP contribution in [0.1, 0.15) is 0 Å². The molecule has 0 aliphatic carbocycles. The van der Waals surface area contributed by atoms with Gasteiger partial charge in [-0.1, -0.05) is 218 Å². The second-order valence-electron chi connectivity index (χ2n) is 16.8. The van der Waals surface area contributed by atoms with Crippen LogP contribution < -0.4 is 4.90 Å². The Kier molecular flexibility index (Phi) is 9.89. The van der Waals surface area contributed by atoms with E-state index in [4.69, 9.17) is 4.42 Å². The maximum Gasteiger partial charge on any atom is 0.145 e. The van der Waals surface area contributed by atoms with E-state index in [9.17, 15) is 0 Å². The maximum absolute atomic E-state index is 6.80. The zero-order chi connectivity index (χ0) is 43.8. The zero-order valence-electron chi connectivity index (χ0n) is 36.2. The third kappa shape index (κ3) is 6.93. The molecule has 2 heteroatoms. The number of furan rings is 1. The molecule has 0 aliphatic heterocycles. The summed E-state index contributed by atoms with van der Waals surface area (Å²) in [4.78, 5) is 2.39. The fourth-order valence-electron chi connectivity index (χ4n) is 9.85. The number of nitrogens with zero attached hydrogens (tertiary/aromatic N) is 1. The van der Waals surface area contributed by atoms with Crippen LogP contribution in [0.25, 0.3) is 99.5 Å². The average molecular weight is 842 g/mol. The van der Waals surface area contributed by atoms with E-state index in [1.165, 1.54) is 60.8 Å². The minimum atomic E-state index is 0.863. The fourth-order valence-corrected chi connectivity index (χ4v) is 9.85. The maximum atomic E-state index is 6.80. The molecule has 12 aromatic rings. The normalized spacial score (nSPS) is 11.3. The summed E-state index contributed by atoms with van der Waals surface area (Å²) in [6, 6.07) is 93.7. The molecule has 66 heavy (non-hydrogen) atoms. The van der Waals surface area contributed by atoms with E-state index in [0.29, 0.717) is 0 Å². The molecule has 2 nitrogen and oxygen atoms in total. The Labute approximate surface area is 384 Å². The van der Waals surface area contributed by atoms with Gasteiger partial charge in [0.05, 0.1) is 11.1 Å². The van der Waals surface area contributed by atoms with Gasteiger partial charge in [-0.2, -0.15) is 0 Å². The smallest absolute Gasteiger partial charge is 0.145 e. The van der Waals surface area contributed by atoms with E-state index in [0.717, 1.165) is 55.7 Å². The van der Waals surface area contributed by atoms with Crippen molar-refractivity contribution in [1.29, 1.82) is 0 Å². The van der Waals surface area contributed by atoms with Crippen molar-refractivity contribution in [2.24, 2.45) is 0 Å². The van der Waals surface area contributed by atoms with E-state index in [1.807, 2.05) is 6.07 Å². The topological polar surface area (TPSA) is 16.4 Å². The van der Waals surface area contributed by atoms with Gasteiger partial charge >= 0.3 is 0 Å². The predicted octanol–water partition coefficient (Wildman–Crippen LogP) is 18.2. The molecular formula is C64H43NO. The Balaban J connectivity index is 1.02. The standard InChI is InChI=1S/C64H43NO/c1-4-18-45(19-5-1)55-31-17-32-58(62(55)49-23-8-3-9-24-49)57-28-13-12-27-54(57)48-36-40-51(41-37-48)65(50-38-34-47(35-39-50)53-30-16-25-44-22-10-11-26-52(44)53)60-43-42-56(46-20-6-2-7-21-46)64-63(60)59-29-14-15-33-61(59)66-64/h1-43H. The van der Waals surface area contributed by atoms with Crippen LogP contribution in [0.5, 0.6) is 0 Å². The van der Waals surface area contributed by atoms with Crippen LogP contribution in [0, 0.1) is 0 Å².